The van der Waals surface area contributed by atoms with Crippen molar-refractivity contribution in [2.24, 2.45) is 5.73 Å². The molecule has 0 bridgehead atoms. The van der Waals surface area contributed by atoms with Gasteiger partial charge in [0.2, 0.25) is 0 Å². The van der Waals surface area contributed by atoms with Gasteiger partial charge in [0.15, 0.2) is 0 Å². The van der Waals surface area contributed by atoms with Crippen molar-refractivity contribution in [1.82, 2.24) is 4.98 Å². The Morgan fingerprint density at radius 3 is 2.64 bits per heavy atom. The van der Waals surface area contributed by atoms with Gasteiger partial charge < -0.3 is 15.6 Å². The zero-order valence-electron chi connectivity index (χ0n) is 7.75. The van der Waals surface area contributed by atoms with Gasteiger partial charge in [0.05, 0.1) is 7.11 Å². The minimum absolute atomic E-state index is 0.540. The van der Waals surface area contributed by atoms with Crippen LogP contribution in [0.15, 0.2) is 24.5 Å². The van der Waals surface area contributed by atoms with Crippen LogP contribution in [-0.2, 0) is 9.53 Å². The maximum Gasteiger partial charge on any atom is 0.325 e. The summed E-state index contributed by atoms with van der Waals surface area (Å²) in [4.78, 5) is 14.8. The maximum atomic E-state index is 11.0. The van der Waals surface area contributed by atoms with Crippen LogP contribution in [0, 0.1) is 0 Å². The third kappa shape index (κ3) is 2.27. The van der Waals surface area contributed by atoms with Crippen molar-refractivity contribution in [3.8, 4) is 0 Å². The number of aromatic nitrogens is 1. The fourth-order valence-electron chi connectivity index (χ4n) is 1.03. The molecule has 0 aromatic carbocycles. The number of nitrogens with two attached hydrogens (primary N) is 1. The van der Waals surface area contributed by atoms with E-state index < -0.39 is 18.1 Å². The number of methoxy groups -OCH3 is 1. The molecule has 1 heterocycles. The van der Waals surface area contributed by atoms with Gasteiger partial charge in [-0.05, 0) is 17.7 Å². The van der Waals surface area contributed by atoms with E-state index in [4.69, 9.17) is 5.73 Å². The van der Waals surface area contributed by atoms with Crippen LogP contribution in [0.4, 0.5) is 0 Å². The monoisotopic (exact) mass is 196 g/mol. The van der Waals surface area contributed by atoms with Crippen LogP contribution < -0.4 is 5.73 Å². The molecule has 14 heavy (non-hydrogen) atoms. The molecule has 0 saturated heterocycles. The molecular weight excluding hydrogens is 184 g/mol. The first-order valence-corrected chi connectivity index (χ1v) is 4.08. The van der Waals surface area contributed by atoms with Crippen molar-refractivity contribution >= 4 is 5.97 Å². The third-order valence-electron chi connectivity index (χ3n) is 1.86. The molecule has 0 aliphatic carbocycles. The molecule has 0 aliphatic heterocycles. The van der Waals surface area contributed by atoms with E-state index in [9.17, 15) is 9.90 Å². The number of carbonyl (C=O) groups excluding carboxylic acids is 1. The lowest BCUT2D eigenvalue weighted by molar-refractivity contribution is -0.145. The van der Waals surface area contributed by atoms with Crippen LogP contribution in [0.5, 0.6) is 0 Å². The fraction of sp³-hybridized carbons (Fsp3) is 0.333. The van der Waals surface area contributed by atoms with Crippen LogP contribution in [0.3, 0.4) is 0 Å². The summed E-state index contributed by atoms with van der Waals surface area (Å²) in [5.41, 5.74) is 6.00. The molecule has 1 aromatic rings. The number of hydrogen-bond donors (Lipinski definition) is 2. The van der Waals surface area contributed by atoms with Crippen LogP contribution in [-0.4, -0.2) is 29.2 Å². The second-order valence-electron chi connectivity index (χ2n) is 2.77. The summed E-state index contributed by atoms with van der Waals surface area (Å²) in [7, 11) is 1.22. The molecule has 0 aliphatic rings. The number of aliphatic hydroxyl groups excluding tert-OH is 1. The number of nitrogens with zero attached hydrogens (tertiary/aromatic N) is 1. The van der Waals surface area contributed by atoms with Crippen molar-refractivity contribution < 1.29 is 14.6 Å². The number of rotatable bonds is 3. The van der Waals surface area contributed by atoms with E-state index in [0.717, 1.165) is 0 Å². The molecule has 0 radical (unpaired) electrons. The summed E-state index contributed by atoms with van der Waals surface area (Å²) in [6, 6.07) is 2.11. The smallest absolute Gasteiger partial charge is 0.325 e. The number of esters is 1. The third-order valence-corrected chi connectivity index (χ3v) is 1.86. The first-order chi connectivity index (χ1) is 6.66. The quantitative estimate of drug-likeness (QED) is 0.643. The second kappa shape index (κ2) is 4.69. The molecule has 0 fully saturated rings. The zero-order valence-corrected chi connectivity index (χ0v) is 7.75. The van der Waals surface area contributed by atoms with Gasteiger partial charge in [0.1, 0.15) is 12.1 Å². The number of pyridine rings is 1. The van der Waals surface area contributed by atoms with Crippen LogP contribution in [0.25, 0.3) is 0 Å². The molecule has 76 valence electrons. The van der Waals surface area contributed by atoms with E-state index in [0.29, 0.717) is 5.56 Å². The lowest BCUT2D eigenvalue weighted by Gasteiger charge is -2.16. The average Bonchev–Trinajstić information content (AvgIpc) is 2.27. The van der Waals surface area contributed by atoms with Gasteiger partial charge in [-0.1, -0.05) is 0 Å². The highest BCUT2D eigenvalue weighted by molar-refractivity contribution is 5.76. The Labute approximate surface area is 81.5 Å². The van der Waals surface area contributed by atoms with Crippen LogP contribution in [0.2, 0.25) is 0 Å². The lowest BCUT2D eigenvalue weighted by atomic mass is 10.0. The molecule has 1 rings (SSSR count). The Balaban J connectivity index is 2.75. The standard InChI is InChI=1S/C9H12N2O3/c1-14-9(13)7(10)8(12)6-2-4-11-5-3-6/h2-5,7-8,12H,10H2,1H3. The molecule has 1 aromatic heterocycles. The first-order valence-electron chi connectivity index (χ1n) is 4.08. The first kappa shape index (κ1) is 10.6. The van der Waals surface area contributed by atoms with Gasteiger partial charge >= 0.3 is 5.97 Å². The maximum absolute atomic E-state index is 11.0. The van der Waals surface area contributed by atoms with Gasteiger partial charge in [-0.2, -0.15) is 0 Å². The minimum atomic E-state index is -1.07. The van der Waals surface area contributed by atoms with Crippen molar-refractivity contribution in [1.29, 1.82) is 0 Å². The summed E-state index contributed by atoms with van der Waals surface area (Å²) in [5, 5.41) is 9.64. The Morgan fingerprint density at radius 1 is 1.57 bits per heavy atom. The predicted octanol–water partition coefficient (Wildman–Crippen LogP) is -0.385. The zero-order chi connectivity index (χ0) is 10.6. The molecular formula is C9H12N2O3. The van der Waals surface area contributed by atoms with Gasteiger partial charge in [0.25, 0.3) is 0 Å². The number of ether oxygens (including phenoxy) is 1. The molecule has 3 N–H and O–H groups in total. The van der Waals surface area contributed by atoms with E-state index in [1.807, 2.05) is 0 Å². The summed E-state index contributed by atoms with van der Waals surface area (Å²) < 4.78 is 4.42. The normalized spacial score (nSPS) is 14.5. The Kier molecular flexibility index (Phi) is 3.55. The van der Waals surface area contributed by atoms with Crippen LogP contribution >= 0.6 is 0 Å². The Morgan fingerprint density at radius 2 is 2.14 bits per heavy atom. The summed E-state index contributed by atoms with van der Waals surface area (Å²) >= 11 is 0. The lowest BCUT2D eigenvalue weighted by Crippen LogP contribution is -2.37. The molecule has 2 unspecified atom stereocenters. The van der Waals surface area contributed by atoms with Crippen LogP contribution in [0.1, 0.15) is 11.7 Å². The van der Waals surface area contributed by atoms with Gasteiger partial charge in [0, 0.05) is 12.4 Å². The number of carbonyl (C=O) groups is 1. The highest BCUT2D eigenvalue weighted by atomic mass is 16.5. The van der Waals surface area contributed by atoms with Crippen molar-refractivity contribution in [3.05, 3.63) is 30.1 Å². The Hall–Kier alpha value is -1.46. The SMILES string of the molecule is COC(=O)C(N)C(O)c1ccncc1. The van der Waals surface area contributed by atoms with E-state index in [1.165, 1.54) is 19.5 Å². The van der Waals surface area contributed by atoms with E-state index >= 15 is 0 Å². The molecule has 2 atom stereocenters. The summed E-state index contributed by atoms with van der Waals surface area (Å²) in [5.74, 6) is -0.644. The molecule has 5 nitrogen and oxygen atoms in total. The van der Waals surface area contributed by atoms with Gasteiger partial charge in [-0.15, -0.1) is 0 Å². The Bertz CT molecular complexity index is 302. The van der Waals surface area contributed by atoms with E-state index in [2.05, 4.69) is 9.72 Å². The minimum Gasteiger partial charge on any atom is -0.468 e. The molecule has 0 saturated carbocycles. The molecule has 0 amide bonds. The van der Waals surface area contributed by atoms with Crippen molar-refractivity contribution in [2.75, 3.05) is 7.11 Å². The van der Waals surface area contributed by atoms with Crippen molar-refractivity contribution in [3.63, 3.8) is 0 Å². The second-order valence-corrected chi connectivity index (χ2v) is 2.77. The summed E-state index contributed by atoms with van der Waals surface area (Å²) in [6.07, 6.45) is 1.97. The largest absolute Gasteiger partial charge is 0.468 e. The highest BCUT2D eigenvalue weighted by Crippen LogP contribution is 2.14. The number of hydrogen-bond acceptors (Lipinski definition) is 5. The number of aliphatic hydroxyl groups is 1. The molecule has 0 spiro atoms. The van der Waals surface area contributed by atoms with E-state index in [-0.39, 0.29) is 0 Å². The van der Waals surface area contributed by atoms with Crippen molar-refractivity contribution in [2.45, 2.75) is 12.1 Å². The van der Waals surface area contributed by atoms with Gasteiger partial charge in [-0.25, -0.2) is 0 Å². The predicted molar refractivity (Wildman–Crippen MR) is 49.2 cm³/mol. The average molecular weight is 196 g/mol. The van der Waals surface area contributed by atoms with Gasteiger partial charge in [-0.3, -0.25) is 9.78 Å². The molecule has 5 heteroatoms. The topological polar surface area (TPSA) is 85.4 Å². The highest BCUT2D eigenvalue weighted by Gasteiger charge is 2.24. The summed E-state index contributed by atoms with van der Waals surface area (Å²) in [6.45, 7) is 0. The van der Waals surface area contributed by atoms with E-state index in [1.54, 1.807) is 12.1 Å². The fourth-order valence-corrected chi connectivity index (χ4v) is 1.03.